The molecular weight excluding hydrogens is 865 g/mol. The van der Waals surface area contributed by atoms with E-state index in [0.29, 0.717) is 19.3 Å². The molecule has 0 aromatic rings. The summed E-state index contributed by atoms with van der Waals surface area (Å²) in [5.41, 5.74) is 0. The van der Waals surface area contributed by atoms with E-state index in [2.05, 4.69) is 81.5 Å². The van der Waals surface area contributed by atoms with E-state index in [1.807, 2.05) is 0 Å². The Morgan fingerprint density at radius 2 is 0.514 bits per heavy atom. The quantitative estimate of drug-likeness (QED) is 0.0261. The molecule has 0 amide bonds. The molecule has 1 unspecified atom stereocenters. The number of hydrogen-bond acceptors (Lipinski definition) is 6. The Labute approximate surface area is 434 Å². The SMILES string of the molecule is CCCCC/C=C\C/C=C\CCCCCCCC(=O)OC(COC(=O)CCCCCCCCCCCC/C=C\C/C=C\C/C=C\CCCCCCC)COC(=O)CCCCCCCCCCCCCC. The van der Waals surface area contributed by atoms with E-state index in [-0.39, 0.29) is 31.1 Å². The van der Waals surface area contributed by atoms with Gasteiger partial charge in [0.25, 0.3) is 0 Å². The largest absolute Gasteiger partial charge is 0.462 e. The first-order chi connectivity index (χ1) is 34.5. The fourth-order valence-electron chi connectivity index (χ4n) is 8.66. The van der Waals surface area contributed by atoms with E-state index < -0.39 is 6.10 Å². The lowest BCUT2D eigenvalue weighted by Crippen LogP contribution is -2.30. The van der Waals surface area contributed by atoms with Crippen molar-refractivity contribution in [1.29, 1.82) is 0 Å². The number of allylic oxidation sites excluding steroid dienone is 10. The maximum atomic E-state index is 12.8. The molecule has 0 N–H and O–H groups in total. The van der Waals surface area contributed by atoms with Gasteiger partial charge in [-0.3, -0.25) is 14.4 Å². The molecule has 0 spiro atoms. The summed E-state index contributed by atoms with van der Waals surface area (Å²) in [4.78, 5) is 38.2. The van der Waals surface area contributed by atoms with Crippen LogP contribution < -0.4 is 0 Å². The number of carbonyl (C=O) groups is 3. The van der Waals surface area contributed by atoms with Crippen molar-refractivity contribution in [2.75, 3.05) is 13.2 Å². The lowest BCUT2D eigenvalue weighted by atomic mass is 10.0. The number of rotatable bonds is 55. The fourth-order valence-corrected chi connectivity index (χ4v) is 8.66. The van der Waals surface area contributed by atoms with Gasteiger partial charge in [0, 0.05) is 19.3 Å². The Morgan fingerprint density at radius 3 is 0.829 bits per heavy atom. The van der Waals surface area contributed by atoms with E-state index >= 15 is 0 Å². The van der Waals surface area contributed by atoms with Gasteiger partial charge in [-0.25, -0.2) is 0 Å². The summed E-state index contributed by atoms with van der Waals surface area (Å²) in [6.07, 6.45) is 73.6. The molecule has 406 valence electrons. The minimum absolute atomic E-state index is 0.0784. The molecule has 70 heavy (non-hydrogen) atoms. The summed E-state index contributed by atoms with van der Waals surface area (Å²) >= 11 is 0. The van der Waals surface area contributed by atoms with Crippen LogP contribution in [0, 0.1) is 0 Å². The monoisotopic (exact) mass is 979 g/mol. The third-order valence-electron chi connectivity index (χ3n) is 13.2. The van der Waals surface area contributed by atoms with Gasteiger partial charge in [0.05, 0.1) is 0 Å². The minimum atomic E-state index is -0.781. The van der Waals surface area contributed by atoms with Gasteiger partial charge in [0.15, 0.2) is 6.10 Å². The van der Waals surface area contributed by atoms with Gasteiger partial charge < -0.3 is 14.2 Å². The van der Waals surface area contributed by atoms with E-state index in [1.165, 1.54) is 173 Å². The van der Waals surface area contributed by atoms with E-state index in [4.69, 9.17) is 14.2 Å². The molecule has 0 aliphatic carbocycles. The van der Waals surface area contributed by atoms with Crippen LogP contribution in [0.3, 0.4) is 0 Å². The third-order valence-corrected chi connectivity index (χ3v) is 13.2. The number of carbonyl (C=O) groups excluding carboxylic acids is 3. The van der Waals surface area contributed by atoms with E-state index in [0.717, 1.165) is 96.3 Å². The van der Waals surface area contributed by atoms with Crippen molar-refractivity contribution in [3.05, 3.63) is 60.8 Å². The predicted octanol–water partition coefficient (Wildman–Crippen LogP) is 20.4. The minimum Gasteiger partial charge on any atom is -0.462 e. The lowest BCUT2D eigenvalue weighted by molar-refractivity contribution is -0.167. The summed E-state index contributed by atoms with van der Waals surface area (Å²) < 4.78 is 16.9. The molecule has 6 nitrogen and oxygen atoms in total. The van der Waals surface area contributed by atoms with Crippen LogP contribution in [0.15, 0.2) is 60.8 Å². The van der Waals surface area contributed by atoms with Gasteiger partial charge in [-0.2, -0.15) is 0 Å². The van der Waals surface area contributed by atoms with Crippen molar-refractivity contribution < 1.29 is 28.6 Å². The van der Waals surface area contributed by atoms with E-state index in [1.54, 1.807) is 0 Å². The highest BCUT2D eigenvalue weighted by Crippen LogP contribution is 2.16. The molecule has 0 aromatic heterocycles. The van der Waals surface area contributed by atoms with Crippen molar-refractivity contribution in [3.63, 3.8) is 0 Å². The second-order valence-corrected chi connectivity index (χ2v) is 20.3. The van der Waals surface area contributed by atoms with Crippen LogP contribution in [-0.2, 0) is 28.6 Å². The number of hydrogen-bond donors (Lipinski definition) is 0. The number of unbranched alkanes of at least 4 members (excludes halogenated alkanes) is 34. The van der Waals surface area contributed by atoms with Crippen LogP contribution in [0.4, 0.5) is 0 Å². The molecule has 0 saturated heterocycles. The van der Waals surface area contributed by atoms with Crippen molar-refractivity contribution in [2.24, 2.45) is 0 Å². The van der Waals surface area contributed by atoms with Gasteiger partial charge in [0.1, 0.15) is 13.2 Å². The molecule has 1 atom stereocenters. The zero-order valence-corrected chi connectivity index (χ0v) is 46.5. The molecule has 0 aliphatic rings. The first-order valence-corrected chi connectivity index (χ1v) is 30.3. The molecule has 0 saturated carbocycles. The maximum Gasteiger partial charge on any atom is 0.306 e. The highest BCUT2D eigenvalue weighted by Gasteiger charge is 2.19. The third kappa shape index (κ3) is 56.0. The Morgan fingerprint density at radius 1 is 0.286 bits per heavy atom. The van der Waals surface area contributed by atoms with Crippen LogP contribution >= 0.6 is 0 Å². The molecule has 0 heterocycles. The summed E-state index contributed by atoms with van der Waals surface area (Å²) in [6, 6.07) is 0. The maximum absolute atomic E-state index is 12.8. The second kappa shape index (κ2) is 58.7. The van der Waals surface area contributed by atoms with Crippen LogP contribution in [0.1, 0.15) is 310 Å². The highest BCUT2D eigenvalue weighted by molar-refractivity contribution is 5.71. The zero-order chi connectivity index (χ0) is 50.7. The Kier molecular flexibility index (Phi) is 56.3. The second-order valence-electron chi connectivity index (χ2n) is 20.3. The summed E-state index contributed by atoms with van der Waals surface area (Å²) in [5, 5.41) is 0. The molecule has 6 heteroatoms. The first kappa shape index (κ1) is 67.1. The standard InChI is InChI=1S/C64H114O6/c1-4-7-10-13-16-19-22-25-27-28-29-30-31-32-33-34-35-36-38-39-42-45-48-51-54-57-63(66)69-60-61(59-68-62(65)56-53-50-47-44-41-24-21-18-15-12-9-6-3)70-64(67)58-55-52-49-46-43-40-37-26-23-20-17-14-11-8-5-2/h17,20,22,25-26,28-29,31-32,37,61H,4-16,18-19,21,23-24,27,30,33-36,38-60H2,1-3H3/b20-17-,25-22-,29-28-,32-31-,37-26-. The van der Waals surface area contributed by atoms with Gasteiger partial charge in [0.2, 0.25) is 0 Å². The smallest absolute Gasteiger partial charge is 0.306 e. The van der Waals surface area contributed by atoms with Crippen LogP contribution in [0.25, 0.3) is 0 Å². The van der Waals surface area contributed by atoms with Crippen LogP contribution in [0.2, 0.25) is 0 Å². The molecule has 0 bridgehead atoms. The number of ether oxygens (including phenoxy) is 3. The summed E-state index contributed by atoms with van der Waals surface area (Å²) in [6.45, 7) is 6.61. The van der Waals surface area contributed by atoms with Crippen molar-refractivity contribution >= 4 is 17.9 Å². The average Bonchev–Trinajstić information content (AvgIpc) is 3.36. The van der Waals surface area contributed by atoms with Crippen molar-refractivity contribution in [3.8, 4) is 0 Å². The average molecular weight is 980 g/mol. The van der Waals surface area contributed by atoms with Gasteiger partial charge in [-0.15, -0.1) is 0 Å². The molecule has 0 aliphatic heterocycles. The highest BCUT2D eigenvalue weighted by atomic mass is 16.6. The molecule has 0 radical (unpaired) electrons. The van der Waals surface area contributed by atoms with Crippen molar-refractivity contribution in [1.82, 2.24) is 0 Å². The van der Waals surface area contributed by atoms with Gasteiger partial charge in [-0.1, -0.05) is 261 Å². The van der Waals surface area contributed by atoms with Crippen LogP contribution in [-0.4, -0.2) is 37.2 Å². The first-order valence-electron chi connectivity index (χ1n) is 30.3. The Balaban J connectivity index is 4.28. The van der Waals surface area contributed by atoms with Gasteiger partial charge >= 0.3 is 17.9 Å². The summed E-state index contributed by atoms with van der Waals surface area (Å²) in [7, 11) is 0. The van der Waals surface area contributed by atoms with Gasteiger partial charge in [-0.05, 0) is 89.9 Å². The van der Waals surface area contributed by atoms with Crippen molar-refractivity contribution in [2.45, 2.75) is 316 Å². The summed E-state index contributed by atoms with van der Waals surface area (Å²) in [5.74, 6) is -0.884. The Hall–Kier alpha value is -2.89. The number of esters is 3. The lowest BCUT2D eigenvalue weighted by Gasteiger charge is -2.18. The predicted molar refractivity (Wildman–Crippen MR) is 302 cm³/mol. The topological polar surface area (TPSA) is 78.9 Å². The molecule has 0 rings (SSSR count). The van der Waals surface area contributed by atoms with Crippen LogP contribution in [0.5, 0.6) is 0 Å². The van der Waals surface area contributed by atoms with E-state index in [9.17, 15) is 14.4 Å². The molecular formula is C64H114O6. The Bertz CT molecular complexity index is 1260. The molecule has 0 fully saturated rings. The zero-order valence-electron chi connectivity index (χ0n) is 46.5. The fraction of sp³-hybridized carbons (Fsp3) is 0.797. The molecule has 0 aromatic carbocycles. The normalized spacial score (nSPS) is 12.4.